The minimum Gasteiger partial charge on any atom is -0.461 e. The molecule has 2 aliphatic rings. The minimum atomic E-state index is -0.307. The van der Waals surface area contributed by atoms with E-state index in [0.29, 0.717) is 12.3 Å². The summed E-state index contributed by atoms with van der Waals surface area (Å²) in [7, 11) is 0. The molecule has 1 aliphatic heterocycles. The number of esters is 1. The number of hydrogen-bond acceptors (Lipinski definition) is 5. The molecule has 0 amide bonds. The van der Waals surface area contributed by atoms with Crippen LogP contribution in [0.25, 0.3) is 11.9 Å². The highest BCUT2D eigenvalue weighted by molar-refractivity contribution is 7.10. The van der Waals surface area contributed by atoms with Gasteiger partial charge in [0, 0.05) is 22.7 Å². The maximum atomic E-state index is 11.8. The highest BCUT2D eigenvalue weighted by Crippen LogP contribution is 2.27. The van der Waals surface area contributed by atoms with E-state index in [1.54, 1.807) is 24.5 Å². The van der Waals surface area contributed by atoms with Crippen molar-refractivity contribution in [3.63, 3.8) is 0 Å². The van der Waals surface area contributed by atoms with Crippen LogP contribution in [0.4, 0.5) is 0 Å². The van der Waals surface area contributed by atoms with Gasteiger partial charge in [0.05, 0.1) is 17.5 Å². The molecule has 82 valence electrons. The van der Waals surface area contributed by atoms with Crippen LogP contribution in [0.5, 0.6) is 0 Å². The first-order valence-corrected chi connectivity index (χ1v) is 5.93. The van der Waals surface area contributed by atoms with E-state index in [1.165, 1.54) is 16.8 Å². The van der Waals surface area contributed by atoms with Crippen LogP contribution in [0.3, 0.4) is 0 Å². The molecule has 3 rings (SSSR count). The first kappa shape index (κ1) is 9.59. The molecule has 0 radical (unpaired) electrons. The van der Waals surface area contributed by atoms with Crippen LogP contribution in [-0.4, -0.2) is 18.9 Å². The molecular formula is C11H10N2O2S. The molecule has 0 saturated carbocycles. The number of carbonyl (C=O) groups excluding carboxylic acids is 1. The molecule has 0 atom stereocenters. The second-order valence-electron chi connectivity index (χ2n) is 3.57. The summed E-state index contributed by atoms with van der Waals surface area (Å²) in [5.41, 5.74) is 1.78. The monoisotopic (exact) mass is 234 g/mol. The fraction of sp³-hybridized carbons (Fsp3) is 0.273. The van der Waals surface area contributed by atoms with Crippen molar-refractivity contribution < 1.29 is 9.53 Å². The van der Waals surface area contributed by atoms with Gasteiger partial charge in [0.25, 0.3) is 0 Å². The van der Waals surface area contributed by atoms with Crippen LogP contribution < -0.4 is 15.1 Å². The molecule has 4 nitrogen and oxygen atoms in total. The summed E-state index contributed by atoms with van der Waals surface area (Å²) in [5, 5.41) is 3.89. The van der Waals surface area contributed by atoms with Crippen molar-refractivity contribution in [2.45, 2.75) is 13.3 Å². The quantitative estimate of drug-likeness (QED) is 0.725. The first-order chi connectivity index (χ1) is 7.81. The maximum absolute atomic E-state index is 11.8. The molecular weight excluding hydrogens is 224 g/mol. The van der Waals surface area contributed by atoms with Crippen molar-refractivity contribution in [2.75, 3.05) is 6.61 Å². The Morgan fingerprint density at radius 3 is 3.38 bits per heavy atom. The normalized spacial score (nSPS) is 15.4. The van der Waals surface area contributed by atoms with Crippen LogP contribution in [0, 0.1) is 0 Å². The van der Waals surface area contributed by atoms with Gasteiger partial charge in [0.15, 0.2) is 0 Å². The van der Waals surface area contributed by atoms with Gasteiger partial charge in [-0.15, -0.1) is 11.3 Å². The molecule has 1 aromatic heterocycles. The predicted molar refractivity (Wildman–Crippen MR) is 62.5 cm³/mol. The topological polar surface area (TPSA) is 50.7 Å². The number of aliphatic imine (C=N–C) groups is 1. The molecule has 1 aromatic rings. The molecule has 0 unspecified atom stereocenters. The number of thiophene rings is 1. The number of hydrogen-bond donors (Lipinski definition) is 1. The number of nitrogens with one attached hydrogen (secondary N) is 1. The molecule has 0 spiro atoms. The lowest BCUT2D eigenvalue weighted by Gasteiger charge is -2.04. The van der Waals surface area contributed by atoms with Crippen molar-refractivity contribution in [1.29, 1.82) is 0 Å². The van der Waals surface area contributed by atoms with E-state index in [-0.39, 0.29) is 5.97 Å². The highest BCUT2D eigenvalue weighted by Gasteiger charge is 2.26. The Labute approximate surface area is 96.0 Å². The summed E-state index contributed by atoms with van der Waals surface area (Å²) in [6.07, 6.45) is 4.31. The van der Waals surface area contributed by atoms with E-state index in [4.69, 9.17) is 4.74 Å². The molecule has 1 aliphatic carbocycles. The molecule has 1 N–H and O–H groups in total. The van der Waals surface area contributed by atoms with E-state index in [1.807, 2.05) is 0 Å². The number of fused-ring (bicyclic) bond motifs is 3. The van der Waals surface area contributed by atoms with E-state index in [9.17, 15) is 4.79 Å². The molecule has 16 heavy (non-hydrogen) atoms. The largest absolute Gasteiger partial charge is 0.461 e. The summed E-state index contributed by atoms with van der Waals surface area (Å²) in [6, 6.07) is 0. The van der Waals surface area contributed by atoms with Crippen LogP contribution in [0.2, 0.25) is 0 Å². The van der Waals surface area contributed by atoms with Gasteiger partial charge in [0.1, 0.15) is 5.70 Å². The van der Waals surface area contributed by atoms with Crippen molar-refractivity contribution >= 4 is 35.5 Å². The molecule has 2 heterocycles. The van der Waals surface area contributed by atoms with Crippen LogP contribution in [-0.2, 0) is 16.0 Å². The molecule has 0 saturated heterocycles. The lowest BCUT2D eigenvalue weighted by molar-refractivity contribution is -0.136. The van der Waals surface area contributed by atoms with E-state index < -0.39 is 0 Å². The fourth-order valence-electron chi connectivity index (χ4n) is 1.78. The average Bonchev–Trinajstić information content (AvgIpc) is 2.98. The van der Waals surface area contributed by atoms with Crippen LogP contribution in [0.1, 0.15) is 17.4 Å². The Bertz CT molecular complexity index is 613. The SMILES string of the molecule is CCOC(=O)C1=c2c3c(sc2=CN=CN1)C3. The van der Waals surface area contributed by atoms with Crippen molar-refractivity contribution in [3.8, 4) is 0 Å². The van der Waals surface area contributed by atoms with Crippen molar-refractivity contribution in [2.24, 2.45) is 4.99 Å². The summed E-state index contributed by atoms with van der Waals surface area (Å²) < 4.78 is 6.07. The Kier molecular flexibility index (Phi) is 2.07. The van der Waals surface area contributed by atoms with Gasteiger partial charge >= 0.3 is 5.97 Å². The van der Waals surface area contributed by atoms with E-state index >= 15 is 0 Å². The second-order valence-corrected chi connectivity index (χ2v) is 4.70. The van der Waals surface area contributed by atoms with Crippen LogP contribution in [0.15, 0.2) is 4.99 Å². The third kappa shape index (κ3) is 1.36. The zero-order chi connectivity index (χ0) is 11.1. The van der Waals surface area contributed by atoms with Gasteiger partial charge in [-0.2, -0.15) is 0 Å². The minimum absolute atomic E-state index is 0.307. The van der Waals surface area contributed by atoms with E-state index in [2.05, 4.69) is 10.3 Å². The molecule has 5 heteroatoms. The van der Waals surface area contributed by atoms with Gasteiger partial charge in [-0.1, -0.05) is 0 Å². The lowest BCUT2D eigenvalue weighted by atomic mass is 10.3. The number of ether oxygens (including phenoxy) is 1. The van der Waals surface area contributed by atoms with Crippen LogP contribution >= 0.6 is 11.3 Å². The smallest absolute Gasteiger partial charge is 0.355 e. The van der Waals surface area contributed by atoms with Gasteiger partial charge < -0.3 is 10.1 Å². The lowest BCUT2D eigenvalue weighted by Crippen LogP contribution is -2.33. The Morgan fingerprint density at radius 1 is 1.69 bits per heavy atom. The zero-order valence-corrected chi connectivity index (χ0v) is 9.56. The van der Waals surface area contributed by atoms with E-state index in [0.717, 1.165) is 16.2 Å². The van der Waals surface area contributed by atoms with Gasteiger partial charge in [-0.25, -0.2) is 9.79 Å². The number of nitrogens with zero attached hydrogens (tertiary/aromatic N) is 1. The predicted octanol–water partition coefficient (Wildman–Crippen LogP) is -0.307. The third-order valence-corrected chi connectivity index (χ3v) is 3.70. The van der Waals surface area contributed by atoms with Gasteiger partial charge in [-0.3, -0.25) is 0 Å². The summed E-state index contributed by atoms with van der Waals surface area (Å²) >= 11 is 1.70. The molecule has 0 aromatic carbocycles. The maximum Gasteiger partial charge on any atom is 0.355 e. The first-order valence-electron chi connectivity index (χ1n) is 5.11. The summed E-state index contributed by atoms with van der Waals surface area (Å²) in [6.45, 7) is 2.18. The third-order valence-electron chi connectivity index (χ3n) is 2.54. The van der Waals surface area contributed by atoms with Crippen molar-refractivity contribution in [1.82, 2.24) is 5.32 Å². The highest BCUT2D eigenvalue weighted by atomic mass is 32.1. The molecule has 0 bridgehead atoms. The fourth-order valence-corrected chi connectivity index (χ4v) is 2.93. The Hall–Kier alpha value is -1.62. The van der Waals surface area contributed by atoms with Crippen molar-refractivity contribution in [3.05, 3.63) is 20.2 Å². The zero-order valence-electron chi connectivity index (χ0n) is 8.74. The Balaban J connectivity index is 2.22. The average molecular weight is 234 g/mol. The van der Waals surface area contributed by atoms with Gasteiger partial charge in [0.2, 0.25) is 0 Å². The number of rotatable bonds is 2. The Morgan fingerprint density at radius 2 is 2.56 bits per heavy atom. The molecule has 0 fully saturated rings. The summed E-state index contributed by atoms with van der Waals surface area (Å²) in [4.78, 5) is 17.2. The second kappa shape index (κ2) is 3.45. The summed E-state index contributed by atoms with van der Waals surface area (Å²) in [5.74, 6) is -0.307. The standard InChI is InChI=1S/C11H10N2O2S/c1-2-15-11(14)10-9-6-3-7(6)16-8(9)4-12-5-13-10/h4-5H,2-3H2,1H3,(H,12,13). The number of carbonyl (C=O) groups is 1. The van der Waals surface area contributed by atoms with Gasteiger partial charge in [-0.05, 0) is 12.5 Å².